The number of halogens is 2. The van der Waals surface area contributed by atoms with Crippen molar-refractivity contribution < 1.29 is 18.7 Å². The molecule has 0 amide bonds. The first-order chi connectivity index (χ1) is 11.9. The van der Waals surface area contributed by atoms with Crippen LogP contribution in [0.3, 0.4) is 0 Å². The third-order valence-corrected chi connectivity index (χ3v) is 4.52. The van der Waals surface area contributed by atoms with Gasteiger partial charge in [0.1, 0.15) is 17.5 Å². The van der Waals surface area contributed by atoms with Crippen molar-refractivity contribution in [1.82, 2.24) is 9.97 Å². The van der Waals surface area contributed by atoms with Crippen molar-refractivity contribution >= 4 is 17.7 Å². The van der Waals surface area contributed by atoms with Gasteiger partial charge in [-0.1, -0.05) is 6.07 Å². The second-order valence-corrected chi connectivity index (χ2v) is 6.30. The summed E-state index contributed by atoms with van der Waals surface area (Å²) >= 11 is 0. The first kappa shape index (κ1) is 17.1. The molecule has 1 aliphatic heterocycles. The Balaban J connectivity index is 1.90. The molecule has 132 valence electrons. The van der Waals surface area contributed by atoms with Crippen LogP contribution in [-0.2, 0) is 11.2 Å². The van der Waals surface area contributed by atoms with E-state index in [9.17, 15) is 18.7 Å². The van der Waals surface area contributed by atoms with E-state index in [2.05, 4.69) is 9.97 Å². The van der Waals surface area contributed by atoms with E-state index in [0.29, 0.717) is 31.2 Å². The van der Waals surface area contributed by atoms with E-state index in [0.717, 1.165) is 12.1 Å². The number of piperidine rings is 1. The van der Waals surface area contributed by atoms with Crippen LogP contribution in [0.5, 0.6) is 0 Å². The lowest BCUT2D eigenvalue weighted by atomic mass is 9.75. The van der Waals surface area contributed by atoms with Crippen LogP contribution in [-0.4, -0.2) is 34.1 Å². The van der Waals surface area contributed by atoms with E-state index in [1.807, 2.05) is 0 Å². The van der Waals surface area contributed by atoms with Crippen molar-refractivity contribution in [2.45, 2.75) is 19.3 Å². The number of nitrogens with two attached hydrogens (primary N) is 1. The van der Waals surface area contributed by atoms with Gasteiger partial charge in [0.15, 0.2) is 0 Å². The normalized spacial score (nSPS) is 20.5. The van der Waals surface area contributed by atoms with E-state index in [1.54, 1.807) is 11.0 Å². The topological polar surface area (TPSA) is 92.3 Å². The monoisotopic (exact) mass is 348 g/mol. The standard InChI is InChI=1S/C17H18F2N4O2/c18-12-3-2-11(13(19)8-12)9-17(15(24)25)5-1-7-23(10-17)16-21-6-4-14(20)22-16/h2-4,6,8H,1,5,7,9-10H2,(H,24,25)(H2,20,21,22). The van der Waals surface area contributed by atoms with Gasteiger partial charge in [-0.05, 0) is 37.0 Å². The van der Waals surface area contributed by atoms with Crippen LogP contribution in [0, 0.1) is 17.0 Å². The highest BCUT2D eigenvalue weighted by Gasteiger charge is 2.43. The van der Waals surface area contributed by atoms with Crippen LogP contribution in [0.2, 0.25) is 0 Å². The Bertz CT molecular complexity index is 802. The predicted octanol–water partition coefficient (Wildman–Crippen LogP) is 2.25. The molecule has 0 aliphatic carbocycles. The van der Waals surface area contributed by atoms with Gasteiger partial charge >= 0.3 is 5.97 Å². The molecule has 6 nitrogen and oxygen atoms in total. The molecular weight excluding hydrogens is 330 g/mol. The molecule has 2 heterocycles. The second kappa shape index (κ2) is 6.62. The van der Waals surface area contributed by atoms with Crippen molar-refractivity contribution in [2.75, 3.05) is 23.7 Å². The number of aliphatic carboxylic acids is 1. The minimum absolute atomic E-state index is 0.0345. The zero-order valence-corrected chi connectivity index (χ0v) is 13.5. The molecule has 3 N–H and O–H groups in total. The highest BCUT2D eigenvalue weighted by molar-refractivity contribution is 5.76. The maximum Gasteiger partial charge on any atom is 0.311 e. The third-order valence-electron chi connectivity index (χ3n) is 4.52. The molecule has 3 rings (SSSR count). The fourth-order valence-electron chi connectivity index (χ4n) is 3.24. The van der Waals surface area contributed by atoms with Crippen LogP contribution >= 0.6 is 0 Å². The molecule has 1 aromatic heterocycles. The lowest BCUT2D eigenvalue weighted by Crippen LogP contribution is -2.50. The smallest absolute Gasteiger partial charge is 0.311 e. The maximum atomic E-state index is 14.0. The molecule has 2 aromatic rings. The van der Waals surface area contributed by atoms with Gasteiger partial charge in [0.25, 0.3) is 0 Å². The molecule has 1 saturated heterocycles. The van der Waals surface area contributed by atoms with E-state index in [4.69, 9.17) is 5.73 Å². The number of benzene rings is 1. The highest BCUT2D eigenvalue weighted by atomic mass is 19.1. The molecule has 1 aliphatic rings. The minimum Gasteiger partial charge on any atom is -0.481 e. The summed E-state index contributed by atoms with van der Waals surface area (Å²) in [5.41, 5.74) is 4.65. The van der Waals surface area contributed by atoms with Gasteiger partial charge < -0.3 is 15.7 Å². The van der Waals surface area contributed by atoms with Crippen molar-refractivity contribution in [3.05, 3.63) is 47.7 Å². The molecule has 0 saturated carbocycles. The largest absolute Gasteiger partial charge is 0.481 e. The summed E-state index contributed by atoms with van der Waals surface area (Å²) in [5.74, 6) is -1.81. The van der Waals surface area contributed by atoms with E-state index in [-0.39, 0.29) is 18.5 Å². The van der Waals surface area contributed by atoms with Crippen molar-refractivity contribution in [1.29, 1.82) is 0 Å². The summed E-state index contributed by atoms with van der Waals surface area (Å²) in [6, 6.07) is 4.75. The first-order valence-corrected chi connectivity index (χ1v) is 7.90. The fraction of sp³-hybridized carbons (Fsp3) is 0.353. The molecule has 1 unspecified atom stereocenters. The number of hydrogen-bond donors (Lipinski definition) is 2. The summed E-state index contributed by atoms with van der Waals surface area (Å²) in [6.45, 7) is 0.715. The van der Waals surface area contributed by atoms with Crippen LogP contribution < -0.4 is 10.6 Å². The number of rotatable bonds is 4. The number of nitrogens with zero attached hydrogens (tertiary/aromatic N) is 3. The second-order valence-electron chi connectivity index (χ2n) is 6.30. The molecule has 0 bridgehead atoms. The average molecular weight is 348 g/mol. The predicted molar refractivity (Wildman–Crippen MR) is 88.0 cm³/mol. The number of anilines is 2. The Kier molecular flexibility index (Phi) is 4.52. The maximum absolute atomic E-state index is 14.0. The summed E-state index contributed by atoms with van der Waals surface area (Å²) < 4.78 is 27.1. The van der Waals surface area contributed by atoms with E-state index < -0.39 is 23.0 Å². The van der Waals surface area contributed by atoms with Gasteiger partial charge in [0.2, 0.25) is 5.95 Å². The molecular formula is C17H18F2N4O2. The molecule has 1 aromatic carbocycles. The van der Waals surface area contributed by atoms with Gasteiger partial charge in [-0.3, -0.25) is 4.79 Å². The minimum atomic E-state index is -1.20. The van der Waals surface area contributed by atoms with Crippen molar-refractivity contribution in [2.24, 2.45) is 5.41 Å². The molecule has 8 heteroatoms. The fourth-order valence-corrected chi connectivity index (χ4v) is 3.24. The van der Waals surface area contributed by atoms with Crippen molar-refractivity contribution in [3.63, 3.8) is 0 Å². The SMILES string of the molecule is Nc1ccnc(N2CCCC(Cc3ccc(F)cc3F)(C(=O)O)C2)n1. The lowest BCUT2D eigenvalue weighted by Gasteiger charge is -2.40. The quantitative estimate of drug-likeness (QED) is 0.880. The number of carbonyl (C=O) groups is 1. The summed E-state index contributed by atoms with van der Waals surface area (Å²) in [4.78, 5) is 22.0. The van der Waals surface area contributed by atoms with Gasteiger partial charge in [0.05, 0.1) is 5.41 Å². The summed E-state index contributed by atoms with van der Waals surface area (Å²) in [7, 11) is 0. The molecule has 0 spiro atoms. The van der Waals surface area contributed by atoms with Crippen molar-refractivity contribution in [3.8, 4) is 0 Å². The third kappa shape index (κ3) is 3.52. The molecule has 1 atom stereocenters. The van der Waals surface area contributed by atoms with Gasteiger partial charge in [-0.25, -0.2) is 13.8 Å². The van der Waals surface area contributed by atoms with Crippen LogP contribution in [0.1, 0.15) is 18.4 Å². The van der Waals surface area contributed by atoms with Gasteiger partial charge in [0, 0.05) is 25.4 Å². The zero-order valence-electron chi connectivity index (χ0n) is 13.5. The number of carboxylic acid groups (broad SMARTS) is 1. The molecule has 0 radical (unpaired) electrons. The Labute approximate surface area is 143 Å². The van der Waals surface area contributed by atoms with Crippen LogP contribution in [0.25, 0.3) is 0 Å². The number of hydrogen-bond acceptors (Lipinski definition) is 5. The zero-order chi connectivity index (χ0) is 18.0. The summed E-state index contributed by atoms with van der Waals surface area (Å²) in [6.07, 6.45) is 2.45. The molecule has 25 heavy (non-hydrogen) atoms. The number of nitrogen functional groups attached to an aromatic ring is 1. The van der Waals surface area contributed by atoms with Gasteiger partial charge in [-0.15, -0.1) is 0 Å². The Morgan fingerprint density at radius 1 is 1.36 bits per heavy atom. The number of carboxylic acids is 1. The lowest BCUT2D eigenvalue weighted by molar-refractivity contribution is -0.149. The Hall–Kier alpha value is -2.77. The highest BCUT2D eigenvalue weighted by Crippen LogP contribution is 2.36. The van der Waals surface area contributed by atoms with E-state index in [1.165, 1.54) is 12.3 Å². The Morgan fingerprint density at radius 3 is 2.84 bits per heavy atom. The number of aromatic nitrogens is 2. The molecule has 1 fully saturated rings. The van der Waals surface area contributed by atoms with Crippen LogP contribution in [0.4, 0.5) is 20.5 Å². The average Bonchev–Trinajstić information content (AvgIpc) is 2.57. The van der Waals surface area contributed by atoms with Gasteiger partial charge in [-0.2, -0.15) is 4.98 Å². The van der Waals surface area contributed by atoms with Crippen LogP contribution in [0.15, 0.2) is 30.5 Å². The van der Waals surface area contributed by atoms with E-state index >= 15 is 0 Å². The Morgan fingerprint density at radius 2 is 2.16 bits per heavy atom. The summed E-state index contributed by atoms with van der Waals surface area (Å²) in [5, 5.41) is 9.83. The first-order valence-electron chi connectivity index (χ1n) is 7.90.